The van der Waals surface area contributed by atoms with Crippen LogP contribution in [0.2, 0.25) is 0 Å². The molecule has 0 aromatic heterocycles. The number of para-hydroxylation sites is 1. The van der Waals surface area contributed by atoms with Crippen molar-refractivity contribution < 1.29 is 19.0 Å². The quantitative estimate of drug-likeness (QED) is 0.552. The predicted molar refractivity (Wildman–Crippen MR) is 110 cm³/mol. The molecule has 0 radical (unpaired) electrons. The molecule has 4 rings (SSSR count). The molecule has 8 heteroatoms. The first-order chi connectivity index (χ1) is 12.2. The number of benzene rings is 2. The Bertz CT molecular complexity index is 1010. The Morgan fingerprint density at radius 2 is 1.67 bits per heavy atom. The van der Waals surface area contributed by atoms with E-state index in [0.717, 1.165) is 5.56 Å². The van der Waals surface area contributed by atoms with E-state index in [1.807, 2.05) is 6.07 Å². The van der Waals surface area contributed by atoms with Gasteiger partial charge in [0.1, 0.15) is 16.2 Å². The molecule has 2 aliphatic rings. The van der Waals surface area contributed by atoms with E-state index in [-0.39, 0.29) is 57.4 Å². The summed E-state index contributed by atoms with van der Waals surface area (Å²) in [6.45, 7) is 3.55. The number of Topliss-reactive ketones (excluding diaryl/α,β-unsaturated/α-hetero) is 1. The number of carbonyl (C=O) groups excluding carboxylic acids is 1. The summed E-state index contributed by atoms with van der Waals surface area (Å²) < 4.78 is 24.8. The summed E-state index contributed by atoms with van der Waals surface area (Å²) in [5.41, 5.74) is 0.773. The Kier molecular flexibility index (Phi) is 5.05. The summed E-state index contributed by atoms with van der Waals surface area (Å²) in [5.74, 6) is -0.589. The summed E-state index contributed by atoms with van der Waals surface area (Å²) >= 11 is 0. The number of nitrogens with one attached hydrogen (secondary N) is 1. The van der Waals surface area contributed by atoms with Crippen molar-refractivity contribution in [3.63, 3.8) is 0 Å². The van der Waals surface area contributed by atoms with Crippen LogP contribution in [0.1, 0.15) is 25.0 Å². The third-order valence-corrected chi connectivity index (χ3v) is 6.16. The summed E-state index contributed by atoms with van der Waals surface area (Å²) in [5, 5.41) is 13.7. The third-order valence-electron chi connectivity index (χ3n) is 4.78. The van der Waals surface area contributed by atoms with Crippen molar-refractivity contribution in [2.75, 3.05) is 5.32 Å². The number of carbonyl (C=O) groups is 1. The standard InChI is InChI=1S/C19H18N2O4S.Na.H/c1-19(2)12-8-4-3-7-11(12)16(22)15(17(19)23)18-20-13-9-5-6-10-14(13)26(24,25)21-18;;/h3-10,22,24-25H,1-2H3,(H,20,21);;. The molecule has 1 aliphatic carbocycles. The second kappa shape index (κ2) is 6.77. The molecule has 2 aromatic carbocycles. The molecule has 0 fully saturated rings. The van der Waals surface area contributed by atoms with Crippen LogP contribution >= 0.6 is 10.8 Å². The van der Waals surface area contributed by atoms with Gasteiger partial charge >= 0.3 is 29.6 Å². The zero-order valence-corrected chi connectivity index (χ0v) is 15.0. The van der Waals surface area contributed by atoms with Crippen LogP contribution in [0, 0.1) is 0 Å². The van der Waals surface area contributed by atoms with Crippen LogP contribution in [-0.4, -0.2) is 55.4 Å². The van der Waals surface area contributed by atoms with Gasteiger partial charge in [-0.15, -0.1) is 4.40 Å². The molecule has 1 aliphatic heterocycles. The average molecular weight is 394 g/mol. The number of anilines is 1. The maximum atomic E-state index is 13.1. The topological polar surface area (TPSA) is 102 Å². The molecule has 0 saturated heterocycles. The molecule has 4 N–H and O–H groups in total. The van der Waals surface area contributed by atoms with Crippen molar-refractivity contribution >= 4 is 63.4 Å². The molecule has 2 aromatic rings. The van der Waals surface area contributed by atoms with E-state index < -0.39 is 16.2 Å². The zero-order valence-electron chi connectivity index (χ0n) is 14.2. The Morgan fingerprint density at radius 3 is 2.41 bits per heavy atom. The number of aliphatic hydroxyl groups excluding tert-OH is 1. The van der Waals surface area contributed by atoms with Crippen molar-refractivity contribution in [3.8, 4) is 0 Å². The molecule has 0 atom stereocenters. The summed E-state index contributed by atoms with van der Waals surface area (Å²) in [4.78, 5) is 13.4. The van der Waals surface area contributed by atoms with E-state index in [0.29, 0.717) is 11.3 Å². The Morgan fingerprint density at radius 1 is 1.04 bits per heavy atom. The Balaban J connectivity index is 0.00000210. The molecule has 0 amide bonds. The Hall–Kier alpha value is -1.61. The van der Waals surface area contributed by atoms with E-state index in [9.17, 15) is 19.0 Å². The van der Waals surface area contributed by atoms with E-state index >= 15 is 0 Å². The van der Waals surface area contributed by atoms with Crippen LogP contribution < -0.4 is 5.32 Å². The van der Waals surface area contributed by atoms with Crippen LogP contribution in [0.15, 0.2) is 63.4 Å². The number of hydrogen-bond acceptors (Lipinski definition) is 6. The molecule has 27 heavy (non-hydrogen) atoms. The number of rotatable bonds is 1. The zero-order chi connectivity index (χ0) is 18.7. The fourth-order valence-electron chi connectivity index (χ4n) is 3.38. The third kappa shape index (κ3) is 3.04. The number of ketones is 1. The normalized spacial score (nSPS) is 20.4. The van der Waals surface area contributed by atoms with Gasteiger partial charge in [0.15, 0.2) is 11.6 Å². The van der Waals surface area contributed by atoms with E-state index in [1.54, 1.807) is 56.3 Å². The minimum atomic E-state index is -3.47. The van der Waals surface area contributed by atoms with Crippen molar-refractivity contribution in [1.82, 2.24) is 0 Å². The van der Waals surface area contributed by atoms with Crippen LogP contribution in [0.5, 0.6) is 0 Å². The van der Waals surface area contributed by atoms with Crippen LogP contribution in [-0.2, 0) is 10.2 Å². The van der Waals surface area contributed by atoms with Gasteiger partial charge in [-0.1, -0.05) is 47.2 Å². The molecular formula is C19H19N2NaO4S. The molecule has 0 unspecified atom stereocenters. The van der Waals surface area contributed by atoms with Crippen molar-refractivity contribution in [3.05, 3.63) is 65.2 Å². The van der Waals surface area contributed by atoms with Crippen LogP contribution in [0.4, 0.5) is 5.69 Å². The fourth-order valence-corrected chi connectivity index (χ4v) is 4.54. The average Bonchev–Trinajstić information content (AvgIpc) is 2.60. The van der Waals surface area contributed by atoms with E-state index in [1.165, 1.54) is 0 Å². The Labute approximate surface area is 180 Å². The number of hydrogen-bond donors (Lipinski definition) is 4. The molecule has 0 bridgehead atoms. The van der Waals surface area contributed by atoms with Crippen LogP contribution in [0.25, 0.3) is 5.76 Å². The molecule has 1 heterocycles. The van der Waals surface area contributed by atoms with Gasteiger partial charge < -0.3 is 10.4 Å². The molecule has 0 spiro atoms. The summed E-state index contributed by atoms with van der Waals surface area (Å²) in [6.07, 6.45) is 0. The van der Waals surface area contributed by atoms with Gasteiger partial charge in [-0.3, -0.25) is 13.9 Å². The number of amidine groups is 1. The van der Waals surface area contributed by atoms with Gasteiger partial charge in [-0.25, -0.2) is 0 Å². The fraction of sp³-hybridized carbons (Fsp3) is 0.158. The number of aliphatic hydroxyl groups is 1. The summed E-state index contributed by atoms with van der Waals surface area (Å²) in [6, 6.07) is 13.8. The van der Waals surface area contributed by atoms with E-state index in [2.05, 4.69) is 9.71 Å². The SMILES string of the molecule is CC1(C)C(=O)C(C2=NS(O)(O)c3ccccc3N2)=C(O)c2ccccc21.[NaH]. The molecular weight excluding hydrogens is 375 g/mol. The van der Waals surface area contributed by atoms with Crippen molar-refractivity contribution in [1.29, 1.82) is 0 Å². The second-order valence-electron chi connectivity index (χ2n) is 6.80. The van der Waals surface area contributed by atoms with Gasteiger partial charge in [-0.05, 0) is 31.5 Å². The van der Waals surface area contributed by atoms with Gasteiger partial charge in [0, 0.05) is 5.56 Å². The molecule has 6 nitrogen and oxygen atoms in total. The summed E-state index contributed by atoms with van der Waals surface area (Å²) in [7, 11) is -3.47. The molecule has 0 saturated carbocycles. The number of fused-ring (bicyclic) bond motifs is 2. The minimum absolute atomic E-state index is 0. The van der Waals surface area contributed by atoms with Crippen molar-refractivity contribution in [2.24, 2.45) is 4.40 Å². The predicted octanol–water partition coefficient (Wildman–Crippen LogP) is 3.72. The first-order valence-electron chi connectivity index (χ1n) is 8.06. The van der Waals surface area contributed by atoms with Crippen LogP contribution in [0.3, 0.4) is 0 Å². The second-order valence-corrected chi connectivity index (χ2v) is 8.46. The van der Waals surface area contributed by atoms with Gasteiger partial charge in [0.25, 0.3) is 0 Å². The number of nitrogens with zero attached hydrogens (tertiary/aromatic N) is 1. The first kappa shape index (κ1) is 20.1. The van der Waals surface area contributed by atoms with Gasteiger partial charge in [0.05, 0.1) is 11.1 Å². The molecule has 136 valence electrons. The maximum absolute atomic E-state index is 13.1. The van der Waals surface area contributed by atoms with Gasteiger partial charge in [-0.2, -0.15) is 0 Å². The van der Waals surface area contributed by atoms with E-state index in [4.69, 9.17) is 0 Å². The first-order valence-corrected chi connectivity index (χ1v) is 9.56. The van der Waals surface area contributed by atoms with Crippen molar-refractivity contribution in [2.45, 2.75) is 24.2 Å². The van der Waals surface area contributed by atoms with Gasteiger partial charge in [0.2, 0.25) is 0 Å². The monoisotopic (exact) mass is 394 g/mol.